The van der Waals surface area contributed by atoms with Crippen molar-refractivity contribution in [3.05, 3.63) is 24.3 Å². The number of nitrogens with zero attached hydrogens (tertiary/aromatic N) is 3. The fourth-order valence-corrected chi connectivity index (χ4v) is 2.81. The molecule has 0 aliphatic carbocycles. The van der Waals surface area contributed by atoms with E-state index in [9.17, 15) is 0 Å². The highest BCUT2D eigenvalue weighted by Gasteiger charge is 2.20. The van der Waals surface area contributed by atoms with Crippen molar-refractivity contribution in [3.63, 3.8) is 0 Å². The van der Waals surface area contributed by atoms with Crippen LogP contribution in [0.1, 0.15) is 52.9 Å². The summed E-state index contributed by atoms with van der Waals surface area (Å²) in [6, 6.07) is 2.54. The second-order valence-corrected chi connectivity index (χ2v) is 7.09. The zero-order chi connectivity index (χ0) is 14.9. The molecule has 0 fully saturated rings. The van der Waals surface area contributed by atoms with E-state index in [1.165, 1.54) is 0 Å². The average Bonchev–Trinajstić information content (AvgIpc) is 2.63. The maximum absolute atomic E-state index is 6.31. The van der Waals surface area contributed by atoms with Gasteiger partial charge < -0.3 is 10.3 Å². The van der Waals surface area contributed by atoms with Crippen LogP contribution in [-0.2, 0) is 6.42 Å². The molecule has 0 spiro atoms. The summed E-state index contributed by atoms with van der Waals surface area (Å²) in [6.07, 6.45) is 5.45. The summed E-state index contributed by atoms with van der Waals surface area (Å²) in [7, 11) is 0. The third kappa shape index (κ3) is 3.37. The molecule has 0 saturated heterocycles. The first kappa shape index (κ1) is 15.0. The third-order valence-corrected chi connectivity index (χ3v) is 3.40. The Labute approximate surface area is 121 Å². The van der Waals surface area contributed by atoms with E-state index in [1.54, 1.807) is 0 Å². The van der Waals surface area contributed by atoms with Gasteiger partial charge in [0.05, 0.1) is 11.7 Å². The van der Waals surface area contributed by atoms with E-state index in [0.29, 0.717) is 6.04 Å². The number of fused-ring (bicyclic) bond motifs is 1. The Hall–Kier alpha value is -1.42. The van der Waals surface area contributed by atoms with Crippen LogP contribution in [0.2, 0.25) is 0 Å². The minimum atomic E-state index is 0.136. The molecule has 0 saturated carbocycles. The van der Waals surface area contributed by atoms with Gasteiger partial charge in [-0.15, -0.1) is 0 Å². The molecule has 0 radical (unpaired) electrons. The monoisotopic (exact) mass is 274 g/mol. The topological polar surface area (TPSA) is 56.7 Å². The van der Waals surface area contributed by atoms with E-state index < -0.39 is 0 Å². The van der Waals surface area contributed by atoms with Gasteiger partial charge in [-0.2, -0.15) is 0 Å². The second-order valence-electron chi connectivity index (χ2n) is 7.09. The molecule has 0 aliphatic heterocycles. The number of rotatable bonds is 4. The maximum Gasteiger partial charge on any atom is 0.111 e. The van der Waals surface area contributed by atoms with Crippen molar-refractivity contribution in [2.24, 2.45) is 11.1 Å². The van der Waals surface area contributed by atoms with Crippen molar-refractivity contribution in [2.75, 3.05) is 0 Å². The first-order valence-corrected chi connectivity index (χ1v) is 7.34. The number of aromatic nitrogens is 3. The lowest BCUT2D eigenvalue weighted by Crippen LogP contribution is -2.29. The molecule has 2 aromatic rings. The maximum atomic E-state index is 6.31. The smallest absolute Gasteiger partial charge is 0.111 e. The first-order chi connectivity index (χ1) is 9.28. The highest BCUT2D eigenvalue weighted by atomic mass is 15.1. The van der Waals surface area contributed by atoms with Gasteiger partial charge in [0, 0.05) is 24.7 Å². The quantitative estimate of drug-likeness (QED) is 0.930. The van der Waals surface area contributed by atoms with Gasteiger partial charge >= 0.3 is 0 Å². The van der Waals surface area contributed by atoms with Crippen molar-refractivity contribution in [1.82, 2.24) is 14.5 Å². The number of imidazole rings is 1. The fourth-order valence-electron chi connectivity index (χ4n) is 2.81. The third-order valence-electron chi connectivity index (χ3n) is 3.40. The van der Waals surface area contributed by atoms with E-state index >= 15 is 0 Å². The van der Waals surface area contributed by atoms with Gasteiger partial charge in [-0.05, 0) is 31.7 Å². The summed E-state index contributed by atoms with van der Waals surface area (Å²) in [5, 5.41) is 0. The number of hydrogen-bond donors (Lipinski definition) is 1. The lowest BCUT2D eigenvalue weighted by Gasteiger charge is -2.23. The van der Waals surface area contributed by atoms with Crippen LogP contribution in [0.3, 0.4) is 0 Å². The van der Waals surface area contributed by atoms with Crippen molar-refractivity contribution >= 4 is 11.0 Å². The molecule has 2 N–H and O–H groups in total. The second kappa shape index (κ2) is 5.52. The van der Waals surface area contributed by atoms with Gasteiger partial charge in [-0.1, -0.05) is 20.8 Å². The van der Waals surface area contributed by atoms with Gasteiger partial charge in [0.15, 0.2) is 0 Å². The van der Waals surface area contributed by atoms with Crippen molar-refractivity contribution in [1.29, 1.82) is 0 Å². The van der Waals surface area contributed by atoms with Crippen LogP contribution >= 0.6 is 0 Å². The van der Waals surface area contributed by atoms with Crippen LogP contribution in [-0.4, -0.2) is 20.6 Å². The zero-order valence-electron chi connectivity index (χ0n) is 13.2. The summed E-state index contributed by atoms with van der Waals surface area (Å²) in [5.74, 6) is 1.07. The predicted octanol–water partition coefficient (Wildman–Crippen LogP) is 3.32. The largest absolute Gasteiger partial charge is 0.327 e. The molecule has 0 aromatic carbocycles. The Kier molecular flexibility index (Phi) is 4.14. The van der Waals surface area contributed by atoms with Gasteiger partial charge in [-0.3, -0.25) is 4.98 Å². The minimum Gasteiger partial charge on any atom is -0.327 e. The van der Waals surface area contributed by atoms with E-state index in [4.69, 9.17) is 10.7 Å². The van der Waals surface area contributed by atoms with E-state index in [1.807, 2.05) is 18.5 Å². The van der Waals surface area contributed by atoms with Gasteiger partial charge in [0.2, 0.25) is 0 Å². The number of nitrogens with two attached hydrogens (primary N) is 1. The summed E-state index contributed by atoms with van der Waals surface area (Å²) in [6.45, 7) is 11.0. The van der Waals surface area contributed by atoms with E-state index in [0.717, 1.165) is 29.7 Å². The predicted molar refractivity (Wildman–Crippen MR) is 83.7 cm³/mol. The summed E-state index contributed by atoms with van der Waals surface area (Å²) in [4.78, 5) is 8.88. The van der Waals surface area contributed by atoms with Gasteiger partial charge in [0.1, 0.15) is 11.3 Å². The molecule has 2 aromatic heterocycles. The van der Waals surface area contributed by atoms with Crippen molar-refractivity contribution in [3.8, 4) is 0 Å². The van der Waals surface area contributed by atoms with Crippen molar-refractivity contribution in [2.45, 2.75) is 59.5 Å². The van der Waals surface area contributed by atoms with Crippen LogP contribution in [0.25, 0.3) is 11.0 Å². The number of hydrogen-bond acceptors (Lipinski definition) is 3. The first-order valence-electron chi connectivity index (χ1n) is 7.34. The highest BCUT2D eigenvalue weighted by Crippen LogP contribution is 2.24. The molecule has 0 amide bonds. The van der Waals surface area contributed by atoms with Crippen LogP contribution in [0.4, 0.5) is 0 Å². The minimum absolute atomic E-state index is 0.136. The standard InChI is InChI=1S/C16H26N4/c1-11(2)20-14-6-7-18-10-13(14)19-15(20)8-12(17)9-16(3,4)5/h6-7,10-12H,8-9,17H2,1-5H3. The Morgan fingerprint density at radius 1 is 1.30 bits per heavy atom. The molecule has 2 heterocycles. The fraction of sp³-hybridized carbons (Fsp3) is 0.625. The average molecular weight is 274 g/mol. The molecule has 110 valence electrons. The van der Waals surface area contributed by atoms with Crippen LogP contribution in [0.5, 0.6) is 0 Å². The summed E-state index contributed by atoms with van der Waals surface area (Å²) < 4.78 is 2.28. The zero-order valence-corrected chi connectivity index (χ0v) is 13.2. The normalized spacial score (nSPS) is 14.2. The molecule has 0 bridgehead atoms. The molecule has 2 rings (SSSR count). The summed E-state index contributed by atoms with van der Waals surface area (Å²) >= 11 is 0. The Bertz CT molecular complexity index is 578. The van der Waals surface area contributed by atoms with Crippen LogP contribution < -0.4 is 5.73 Å². The Morgan fingerprint density at radius 2 is 2.00 bits per heavy atom. The molecule has 1 atom stereocenters. The molecule has 20 heavy (non-hydrogen) atoms. The molecule has 0 aliphatic rings. The van der Waals surface area contributed by atoms with E-state index in [2.05, 4.69) is 44.2 Å². The number of pyridine rings is 1. The highest BCUT2D eigenvalue weighted by molar-refractivity contribution is 5.74. The lowest BCUT2D eigenvalue weighted by molar-refractivity contribution is 0.334. The molecule has 4 nitrogen and oxygen atoms in total. The van der Waals surface area contributed by atoms with Crippen molar-refractivity contribution < 1.29 is 0 Å². The molecular formula is C16H26N4. The van der Waals surface area contributed by atoms with Gasteiger partial charge in [0.25, 0.3) is 0 Å². The molecule has 1 unspecified atom stereocenters. The molecule has 4 heteroatoms. The Balaban J connectivity index is 2.32. The van der Waals surface area contributed by atoms with Crippen LogP contribution in [0, 0.1) is 5.41 Å². The van der Waals surface area contributed by atoms with Crippen LogP contribution in [0.15, 0.2) is 18.5 Å². The SMILES string of the molecule is CC(C)n1c(CC(N)CC(C)(C)C)nc2cnccc21. The lowest BCUT2D eigenvalue weighted by atomic mass is 9.87. The molecular weight excluding hydrogens is 248 g/mol. The summed E-state index contributed by atoms with van der Waals surface area (Å²) in [5.41, 5.74) is 8.66. The van der Waals surface area contributed by atoms with E-state index in [-0.39, 0.29) is 11.5 Å². The Morgan fingerprint density at radius 3 is 2.60 bits per heavy atom. The van der Waals surface area contributed by atoms with Gasteiger partial charge in [-0.25, -0.2) is 4.98 Å².